The molecule has 7 heteroatoms. The van der Waals surface area contributed by atoms with Crippen molar-refractivity contribution in [3.63, 3.8) is 0 Å². The highest BCUT2D eigenvalue weighted by Crippen LogP contribution is 2.14. The minimum atomic E-state index is -3.04. The normalized spacial score (nSPS) is 13.3. The van der Waals surface area contributed by atoms with Crippen molar-refractivity contribution in [2.24, 2.45) is 5.73 Å². The number of nitrogens with zero attached hydrogens (tertiary/aromatic N) is 2. The SMILES string of the molecule is CS(=O)(=O)CC[C@H](N)c1nc(Cc2ccccc2)no1. The summed E-state index contributed by atoms with van der Waals surface area (Å²) in [4.78, 5) is 4.21. The fourth-order valence-corrected chi connectivity index (χ4v) is 2.41. The number of nitrogens with two attached hydrogens (primary N) is 1. The number of hydrogen-bond donors (Lipinski definition) is 1. The third-order valence-corrected chi connectivity index (χ3v) is 3.78. The van der Waals surface area contributed by atoms with E-state index in [0.29, 0.717) is 12.2 Å². The maximum Gasteiger partial charge on any atom is 0.243 e. The Labute approximate surface area is 117 Å². The van der Waals surface area contributed by atoms with E-state index in [0.717, 1.165) is 5.56 Å². The molecule has 1 aromatic carbocycles. The van der Waals surface area contributed by atoms with Gasteiger partial charge in [-0.2, -0.15) is 4.98 Å². The van der Waals surface area contributed by atoms with Gasteiger partial charge in [0.1, 0.15) is 9.84 Å². The van der Waals surface area contributed by atoms with Crippen molar-refractivity contribution in [2.45, 2.75) is 18.9 Å². The number of benzene rings is 1. The lowest BCUT2D eigenvalue weighted by Crippen LogP contribution is -2.16. The van der Waals surface area contributed by atoms with Crippen LogP contribution in [0.3, 0.4) is 0 Å². The highest BCUT2D eigenvalue weighted by atomic mass is 32.2. The third-order valence-electron chi connectivity index (χ3n) is 2.81. The number of aromatic nitrogens is 2. The molecule has 20 heavy (non-hydrogen) atoms. The van der Waals surface area contributed by atoms with Crippen molar-refractivity contribution in [2.75, 3.05) is 12.0 Å². The molecule has 0 spiro atoms. The molecule has 0 saturated carbocycles. The topological polar surface area (TPSA) is 99.1 Å². The average Bonchev–Trinajstić information content (AvgIpc) is 2.85. The van der Waals surface area contributed by atoms with Crippen LogP contribution in [0.1, 0.15) is 29.7 Å². The van der Waals surface area contributed by atoms with Crippen molar-refractivity contribution in [1.29, 1.82) is 0 Å². The fraction of sp³-hybridized carbons (Fsp3) is 0.385. The fourth-order valence-electron chi connectivity index (χ4n) is 1.73. The number of sulfone groups is 1. The summed E-state index contributed by atoms with van der Waals surface area (Å²) >= 11 is 0. The first-order valence-electron chi connectivity index (χ1n) is 6.24. The van der Waals surface area contributed by atoms with Gasteiger partial charge in [-0.15, -0.1) is 0 Å². The van der Waals surface area contributed by atoms with Crippen LogP contribution >= 0.6 is 0 Å². The standard InChI is InChI=1S/C13H17N3O3S/c1-20(17,18)8-7-11(14)13-15-12(16-19-13)9-10-5-3-2-4-6-10/h2-6,11H,7-9,14H2,1H3/t11-/m0/s1. The molecule has 2 rings (SSSR count). The van der Waals surface area contributed by atoms with Gasteiger partial charge in [0.15, 0.2) is 5.82 Å². The zero-order valence-corrected chi connectivity index (χ0v) is 12.0. The van der Waals surface area contributed by atoms with Gasteiger partial charge in [-0.05, 0) is 12.0 Å². The quantitative estimate of drug-likeness (QED) is 0.856. The van der Waals surface area contributed by atoms with Gasteiger partial charge in [-0.3, -0.25) is 0 Å². The van der Waals surface area contributed by atoms with E-state index in [1.54, 1.807) is 0 Å². The summed E-state index contributed by atoms with van der Waals surface area (Å²) in [5.74, 6) is 0.825. The van der Waals surface area contributed by atoms with E-state index in [2.05, 4.69) is 10.1 Å². The molecule has 0 radical (unpaired) electrons. The Morgan fingerprint density at radius 3 is 2.65 bits per heavy atom. The molecule has 2 aromatic rings. The van der Waals surface area contributed by atoms with E-state index in [1.165, 1.54) is 6.26 Å². The summed E-state index contributed by atoms with van der Waals surface area (Å²) in [5.41, 5.74) is 6.92. The molecule has 6 nitrogen and oxygen atoms in total. The second-order valence-electron chi connectivity index (χ2n) is 4.74. The van der Waals surface area contributed by atoms with Crippen molar-refractivity contribution in [1.82, 2.24) is 10.1 Å². The molecule has 1 atom stereocenters. The number of hydrogen-bond acceptors (Lipinski definition) is 6. The molecule has 0 aliphatic rings. The van der Waals surface area contributed by atoms with Gasteiger partial charge in [-0.25, -0.2) is 8.42 Å². The van der Waals surface area contributed by atoms with Crippen LogP contribution in [0.2, 0.25) is 0 Å². The summed E-state index contributed by atoms with van der Waals surface area (Å²) < 4.78 is 27.3. The van der Waals surface area contributed by atoms with Crippen LogP contribution in [-0.2, 0) is 16.3 Å². The van der Waals surface area contributed by atoms with Crippen LogP contribution in [0.15, 0.2) is 34.9 Å². The van der Waals surface area contributed by atoms with Crippen molar-refractivity contribution in [3.05, 3.63) is 47.6 Å². The van der Waals surface area contributed by atoms with Gasteiger partial charge < -0.3 is 10.3 Å². The Hall–Kier alpha value is -1.73. The Morgan fingerprint density at radius 1 is 1.30 bits per heavy atom. The van der Waals surface area contributed by atoms with Crippen LogP contribution in [0.25, 0.3) is 0 Å². The molecule has 0 aliphatic heterocycles. The Kier molecular flexibility index (Phi) is 4.51. The Morgan fingerprint density at radius 2 is 2.00 bits per heavy atom. The first-order chi connectivity index (χ1) is 9.44. The predicted octanol–water partition coefficient (Wildman–Crippen LogP) is 1.09. The summed E-state index contributed by atoms with van der Waals surface area (Å²) in [6, 6.07) is 9.20. The second-order valence-corrected chi connectivity index (χ2v) is 7.00. The van der Waals surface area contributed by atoms with E-state index in [4.69, 9.17) is 10.3 Å². The van der Waals surface area contributed by atoms with Gasteiger partial charge in [-0.1, -0.05) is 35.5 Å². The predicted molar refractivity (Wildman–Crippen MR) is 74.8 cm³/mol. The number of rotatable bonds is 6. The van der Waals surface area contributed by atoms with Gasteiger partial charge >= 0.3 is 0 Å². The van der Waals surface area contributed by atoms with Crippen molar-refractivity contribution < 1.29 is 12.9 Å². The zero-order valence-electron chi connectivity index (χ0n) is 11.2. The molecule has 108 valence electrons. The van der Waals surface area contributed by atoms with E-state index >= 15 is 0 Å². The van der Waals surface area contributed by atoms with Crippen LogP contribution in [0.4, 0.5) is 0 Å². The Balaban J connectivity index is 1.98. The van der Waals surface area contributed by atoms with Gasteiger partial charge in [0.25, 0.3) is 0 Å². The zero-order chi connectivity index (χ0) is 14.6. The van der Waals surface area contributed by atoms with E-state index in [1.807, 2.05) is 30.3 Å². The smallest absolute Gasteiger partial charge is 0.243 e. The highest BCUT2D eigenvalue weighted by Gasteiger charge is 2.17. The first kappa shape index (κ1) is 14.7. The molecule has 1 aromatic heterocycles. The third kappa shape index (κ3) is 4.43. The molecular weight excluding hydrogens is 278 g/mol. The maximum absolute atomic E-state index is 11.1. The molecule has 1 heterocycles. The van der Waals surface area contributed by atoms with E-state index in [9.17, 15) is 8.42 Å². The summed E-state index contributed by atoms with van der Waals surface area (Å²) in [7, 11) is -3.04. The van der Waals surface area contributed by atoms with Gasteiger partial charge in [0.05, 0.1) is 11.8 Å². The lowest BCUT2D eigenvalue weighted by molar-refractivity contribution is 0.349. The highest BCUT2D eigenvalue weighted by molar-refractivity contribution is 7.90. The average molecular weight is 295 g/mol. The minimum absolute atomic E-state index is 0.00453. The molecule has 0 fully saturated rings. The molecule has 0 amide bonds. The molecule has 0 bridgehead atoms. The van der Waals surface area contributed by atoms with E-state index < -0.39 is 15.9 Å². The molecule has 0 saturated heterocycles. The lowest BCUT2D eigenvalue weighted by atomic mass is 10.1. The molecule has 2 N–H and O–H groups in total. The first-order valence-corrected chi connectivity index (χ1v) is 8.30. The van der Waals surface area contributed by atoms with Crippen LogP contribution in [-0.4, -0.2) is 30.6 Å². The molecule has 0 aliphatic carbocycles. The molecular formula is C13H17N3O3S. The monoisotopic (exact) mass is 295 g/mol. The minimum Gasteiger partial charge on any atom is -0.338 e. The summed E-state index contributed by atoms with van der Waals surface area (Å²) in [5, 5.41) is 3.86. The van der Waals surface area contributed by atoms with E-state index in [-0.39, 0.29) is 18.1 Å². The summed E-state index contributed by atoms with van der Waals surface area (Å²) in [6.07, 6.45) is 2.00. The largest absolute Gasteiger partial charge is 0.338 e. The second kappa shape index (κ2) is 6.15. The molecule has 0 unspecified atom stereocenters. The maximum atomic E-state index is 11.1. The van der Waals surface area contributed by atoms with Crippen LogP contribution in [0, 0.1) is 0 Å². The van der Waals surface area contributed by atoms with Crippen molar-refractivity contribution in [3.8, 4) is 0 Å². The van der Waals surface area contributed by atoms with Crippen molar-refractivity contribution >= 4 is 9.84 Å². The summed E-state index contributed by atoms with van der Waals surface area (Å²) in [6.45, 7) is 0. The van der Waals surface area contributed by atoms with Crippen LogP contribution < -0.4 is 5.73 Å². The van der Waals surface area contributed by atoms with Crippen LogP contribution in [0.5, 0.6) is 0 Å². The van der Waals surface area contributed by atoms with Gasteiger partial charge in [0, 0.05) is 12.7 Å². The lowest BCUT2D eigenvalue weighted by Gasteiger charge is -2.04. The Bertz CT molecular complexity index is 653. The van der Waals surface area contributed by atoms with Gasteiger partial charge in [0.2, 0.25) is 5.89 Å².